The largest absolute Gasteiger partial charge is 0.444 e. The first-order valence-electron chi connectivity index (χ1n) is 7.62. The average Bonchev–Trinajstić information content (AvgIpc) is 3.17. The van der Waals surface area contributed by atoms with Crippen LogP contribution >= 0.6 is 0 Å². The molecule has 0 aromatic carbocycles. The van der Waals surface area contributed by atoms with Crippen molar-refractivity contribution in [3.63, 3.8) is 0 Å². The normalized spacial score (nSPS) is 23.5. The van der Waals surface area contributed by atoms with Crippen LogP contribution in [0.1, 0.15) is 52.9 Å². The molecule has 6 heteroatoms. The molecule has 21 heavy (non-hydrogen) atoms. The van der Waals surface area contributed by atoms with E-state index in [-0.39, 0.29) is 17.7 Å². The van der Waals surface area contributed by atoms with Gasteiger partial charge in [0.05, 0.1) is 0 Å². The molecule has 0 aromatic rings. The quantitative estimate of drug-likeness (QED) is 0.789. The molecule has 1 saturated carbocycles. The number of carbonyl (C=O) groups is 3. The highest BCUT2D eigenvalue weighted by atomic mass is 16.6. The van der Waals surface area contributed by atoms with E-state index in [9.17, 15) is 14.4 Å². The van der Waals surface area contributed by atoms with Crippen molar-refractivity contribution in [2.24, 2.45) is 5.92 Å². The molecule has 1 heterocycles. The topological polar surface area (TPSA) is 75.7 Å². The minimum absolute atomic E-state index is 0.00854. The van der Waals surface area contributed by atoms with Gasteiger partial charge < -0.3 is 10.1 Å². The molecule has 1 aliphatic heterocycles. The lowest BCUT2D eigenvalue weighted by molar-refractivity contribution is -0.146. The first-order chi connectivity index (χ1) is 9.78. The molecule has 0 bridgehead atoms. The highest BCUT2D eigenvalue weighted by Gasteiger charge is 2.39. The predicted molar refractivity (Wildman–Crippen MR) is 76.5 cm³/mol. The summed E-state index contributed by atoms with van der Waals surface area (Å²) in [6.45, 7) is 5.76. The first-order valence-corrected chi connectivity index (χ1v) is 7.62. The highest BCUT2D eigenvalue weighted by molar-refractivity contribution is 6.00. The Balaban J connectivity index is 1.99. The Bertz CT molecular complexity index is 437. The molecular formula is C15H24N2O4. The van der Waals surface area contributed by atoms with Crippen LogP contribution in [0.2, 0.25) is 0 Å². The molecule has 1 atom stereocenters. The number of carbonyl (C=O) groups excluding carboxylic acids is 3. The maximum atomic E-state index is 12.5. The molecule has 3 amide bonds. The molecule has 1 N–H and O–H groups in total. The summed E-state index contributed by atoms with van der Waals surface area (Å²) in [5.74, 6) is -0.373. The minimum Gasteiger partial charge on any atom is -0.444 e. The highest BCUT2D eigenvalue weighted by Crippen LogP contribution is 2.32. The smallest absolute Gasteiger partial charge is 0.408 e. The number of ether oxygens (including phenoxy) is 1. The van der Waals surface area contributed by atoms with Crippen molar-refractivity contribution in [3.05, 3.63) is 0 Å². The van der Waals surface area contributed by atoms with Crippen LogP contribution in [-0.4, -0.2) is 41.0 Å². The maximum absolute atomic E-state index is 12.5. The fourth-order valence-corrected chi connectivity index (χ4v) is 2.39. The molecule has 0 radical (unpaired) electrons. The third-order valence-corrected chi connectivity index (χ3v) is 3.57. The van der Waals surface area contributed by atoms with Crippen molar-refractivity contribution in [1.82, 2.24) is 10.2 Å². The molecule has 1 aliphatic carbocycles. The summed E-state index contributed by atoms with van der Waals surface area (Å²) < 4.78 is 5.18. The zero-order valence-corrected chi connectivity index (χ0v) is 13.0. The summed E-state index contributed by atoms with van der Waals surface area (Å²) in [6.07, 6.45) is 3.27. The Labute approximate surface area is 125 Å². The predicted octanol–water partition coefficient (Wildman–Crippen LogP) is 1.83. The van der Waals surface area contributed by atoms with Gasteiger partial charge in [0.25, 0.3) is 5.91 Å². The van der Waals surface area contributed by atoms with Gasteiger partial charge in [-0.15, -0.1) is 0 Å². The summed E-state index contributed by atoms with van der Waals surface area (Å²) in [4.78, 5) is 37.7. The van der Waals surface area contributed by atoms with Crippen LogP contribution in [0.5, 0.6) is 0 Å². The van der Waals surface area contributed by atoms with E-state index in [0.29, 0.717) is 13.0 Å². The molecule has 6 nitrogen and oxygen atoms in total. The molecule has 2 aliphatic rings. The van der Waals surface area contributed by atoms with Gasteiger partial charge in [-0.25, -0.2) is 4.79 Å². The minimum atomic E-state index is -0.662. The lowest BCUT2D eigenvalue weighted by Crippen LogP contribution is -2.50. The van der Waals surface area contributed by atoms with Crippen molar-refractivity contribution in [2.75, 3.05) is 6.54 Å². The van der Waals surface area contributed by atoms with Crippen LogP contribution in [0.3, 0.4) is 0 Å². The summed E-state index contributed by atoms with van der Waals surface area (Å²) in [7, 11) is 0. The van der Waals surface area contributed by atoms with Gasteiger partial charge in [-0.1, -0.05) is 0 Å². The first kappa shape index (κ1) is 15.8. The van der Waals surface area contributed by atoms with Gasteiger partial charge in [0.15, 0.2) is 0 Å². The van der Waals surface area contributed by atoms with Crippen molar-refractivity contribution in [3.8, 4) is 0 Å². The van der Waals surface area contributed by atoms with E-state index in [1.165, 1.54) is 4.90 Å². The Morgan fingerprint density at radius 2 is 1.86 bits per heavy atom. The Hall–Kier alpha value is -1.59. The second kappa shape index (κ2) is 6.03. The van der Waals surface area contributed by atoms with E-state index in [1.807, 2.05) is 0 Å². The number of likely N-dealkylation sites (tertiary alicyclic amines) is 1. The van der Waals surface area contributed by atoms with Crippen LogP contribution in [0, 0.1) is 5.92 Å². The maximum Gasteiger partial charge on any atom is 0.408 e. The number of rotatable bonds is 2. The van der Waals surface area contributed by atoms with Crippen LogP contribution in [0.4, 0.5) is 4.79 Å². The number of hydrogen-bond donors (Lipinski definition) is 1. The number of hydrogen-bond acceptors (Lipinski definition) is 4. The Morgan fingerprint density at radius 3 is 2.43 bits per heavy atom. The summed E-state index contributed by atoms with van der Waals surface area (Å²) >= 11 is 0. The van der Waals surface area contributed by atoms with E-state index in [2.05, 4.69) is 5.32 Å². The van der Waals surface area contributed by atoms with Crippen molar-refractivity contribution < 1.29 is 19.1 Å². The van der Waals surface area contributed by atoms with E-state index in [4.69, 9.17) is 4.74 Å². The van der Waals surface area contributed by atoms with Crippen LogP contribution in [0.15, 0.2) is 0 Å². The van der Waals surface area contributed by atoms with Gasteiger partial charge >= 0.3 is 6.09 Å². The number of alkyl carbamates (subject to hydrolysis) is 1. The van der Waals surface area contributed by atoms with Crippen LogP contribution in [0.25, 0.3) is 0 Å². The summed E-state index contributed by atoms with van der Waals surface area (Å²) in [6, 6.07) is -0.662. The summed E-state index contributed by atoms with van der Waals surface area (Å²) in [5.41, 5.74) is -0.610. The van der Waals surface area contributed by atoms with Gasteiger partial charge in [-0.2, -0.15) is 0 Å². The standard InChI is InChI=1S/C15H24N2O4/c1-15(2,3)21-14(20)16-11-6-4-5-9-17(13(11)19)12(18)10-7-8-10/h10-11H,4-9H2,1-3H3,(H,16,20)/t11-/m0/s1. The molecule has 118 valence electrons. The van der Waals surface area contributed by atoms with Crippen molar-refractivity contribution in [2.45, 2.75) is 64.5 Å². The SMILES string of the molecule is CC(C)(C)OC(=O)N[C@H]1CCCCN(C(=O)C2CC2)C1=O. The molecule has 2 rings (SSSR count). The van der Waals surface area contributed by atoms with Crippen molar-refractivity contribution in [1.29, 1.82) is 0 Å². The zero-order valence-electron chi connectivity index (χ0n) is 13.0. The zero-order chi connectivity index (χ0) is 15.6. The monoisotopic (exact) mass is 296 g/mol. The summed E-state index contributed by atoms with van der Waals surface area (Å²) in [5, 5.41) is 2.60. The van der Waals surface area contributed by atoms with Gasteiger partial charge in [0, 0.05) is 12.5 Å². The van der Waals surface area contributed by atoms with Gasteiger partial charge in [0.1, 0.15) is 11.6 Å². The number of imide groups is 1. The van der Waals surface area contributed by atoms with E-state index in [1.54, 1.807) is 20.8 Å². The Kier molecular flexibility index (Phi) is 4.54. The van der Waals surface area contributed by atoms with E-state index < -0.39 is 17.7 Å². The van der Waals surface area contributed by atoms with Crippen LogP contribution < -0.4 is 5.32 Å². The molecule has 2 fully saturated rings. The fraction of sp³-hybridized carbons (Fsp3) is 0.800. The lowest BCUT2D eigenvalue weighted by Gasteiger charge is -2.25. The van der Waals surface area contributed by atoms with Gasteiger partial charge in [-0.05, 0) is 52.9 Å². The van der Waals surface area contributed by atoms with Crippen molar-refractivity contribution >= 4 is 17.9 Å². The third kappa shape index (κ3) is 4.44. The molecule has 0 spiro atoms. The lowest BCUT2D eigenvalue weighted by atomic mass is 10.1. The Morgan fingerprint density at radius 1 is 1.19 bits per heavy atom. The third-order valence-electron chi connectivity index (χ3n) is 3.57. The average molecular weight is 296 g/mol. The second-order valence-electron chi connectivity index (χ2n) is 6.80. The number of amides is 3. The second-order valence-corrected chi connectivity index (χ2v) is 6.80. The molecular weight excluding hydrogens is 272 g/mol. The molecule has 0 aromatic heterocycles. The van der Waals surface area contributed by atoms with Crippen LogP contribution in [-0.2, 0) is 14.3 Å². The number of nitrogens with zero attached hydrogens (tertiary/aromatic N) is 1. The van der Waals surface area contributed by atoms with Gasteiger partial charge in [-0.3, -0.25) is 14.5 Å². The van der Waals surface area contributed by atoms with E-state index in [0.717, 1.165) is 25.7 Å². The van der Waals surface area contributed by atoms with E-state index >= 15 is 0 Å². The fourth-order valence-electron chi connectivity index (χ4n) is 2.39. The molecule has 0 unspecified atom stereocenters. The van der Waals surface area contributed by atoms with Gasteiger partial charge in [0.2, 0.25) is 5.91 Å². The molecule has 1 saturated heterocycles. The number of nitrogens with one attached hydrogen (secondary N) is 1.